The van der Waals surface area contributed by atoms with Crippen molar-refractivity contribution in [2.24, 2.45) is 5.92 Å². The number of hydrogen-bond acceptors (Lipinski definition) is 4. The van der Waals surface area contributed by atoms with Crippen LogP contribution in [0.4, 0.5) is 0 Å². The molecule has 0 fully saturated rings. The average molecular weight is 243 g/mol. The van der Waals surface area contributed by atoms with Gasteiger partial charge in [-0.05, 0) is 30.9 Å². The molecule has 1 aromatic rings. The number of carbonyl (C=O) groups excluding carboxylic acids is 1. The maximum absolute atomic E-state index is 11.4. The number of aromatic nitrogens is 2. The highest BCUT2D eigenvalue weighted by Crippen LogP contribution is 2.06. The van der Waals surface area contributed by atoms with Crippen LogP contribution in [0, 0.1) is 5.92 Å². The monoisotopic (exact) mass is 242 g/mol. The summed E-state index contributed by atoms with van der Waals surface area (Å²) in [5.41, 5.74) is 0.189. The number of carbonyl (C=O) groups is 1. The van der Waals surface area contributed by atoms with Crippen molar-refractivity contribution in [2.45, 2.75) is 26.7 Å². The molecule has 0 saturated heterocycles. The summed E-state index contributed by atoms with van der Waals surface area (Å²) < 4.78 is 5.03. The van der Waals surface area contributed by atoms with E-state index in [-0.39, 0.29) is 10.8 Å². The quantitative estimate of drug-likeness (QED) is 0.589. The Bertz CT molecular complexity index is 338. The van der Waals surface area contributed by atoms with Crippen LogP contribution in [-0.2, 0) is 4.74 Å². The molecule has 0 aliphatic heterocycles. The van der Waals surface area contributed by atoms with Gasteiger partial charge in [-0.1, -0.05) is 25.4 Å². The molecule has 0 aliphatic carbocycles. The molecule has 0 saturated carbocycles. The van der Waals surface area contributed by atoms with Crippen LogP contribution in [0.15, 0.2) is 12.1 Å². The predicted molar refractivity (Wildman–Crippen MR) is 61.4 cm³/mol. The first-order valence-corrected chi connectivity index (χ1v) is 5.63. The number of hydrogen-bond donors (Lipinski definition) is 0. The number of halogens is 1. The normalized spacial score (nSPS) is 10.5. The van der Waals surface area contributed by atoms with E-state index in [1.54, 1.807) is 0 Å². The van der Waals surface area contributed by atoms with Gasteiger partial charge in [0.05, 0.1) is 6.61 Å². The first-order chi connectivity index (χ1) is 7.59. The molecular weight excluding hydrogens is 228 g/mol. The van der Waals surface area contributed by atoms with Gasteiger partial charge in [-0.2, -0.15) is 0 Å². The van der Waals surface area contributed by atoms with Crippen molar-refractivity contribution in [3.8, 4) is 0 Å². The molecular formula is C11H15ClN2O2. The summed E-state index contributed by atoms with van der Waals surface area (Å²) in [6.07, 6.45) is 1.91. The van der Waals surface area contributed by atoms with E-state index in [2.05, 4.69) is 24.0 Å². The van der Waals surface area contributed by atoms with Crippen molar-refractivity contribution >= 4 is 17.6 Å². The second-order valence-electron chi connectivity index (χ2n) is 3.91. The third-order valence-corrected chi connectivity index (χ3v) is 2.20. The Morgan fingerprint density at radius 3 is 2.75 bits per heavy atom. The van der Waals surface area contributed by atoms with Crippen molar-refractivity contribution in [3.63, 3.8) is 0 Å². The van der Waals surface area contributed by atoms with E-state index in [0.29, 0.717) is 12.5 Å². The summed E-state index contributed by atoms with van der Waals surface area (Å²) >= 11 is 5.55. The lowest BCUT2D eigenvalue weighted by Crippen LogP contribution is -2.09. The number of nitrogens with zero attached hydrogens (tertiary/aromatic N) is 2. The summed E-state index contributed by atoms with van der Waals surface area (Å²) in [5, 5.41) is 7.47. The zero-order chi connectivity index (χ0) is 12.0. The van der Waals surface area contributed by atoms with Crippen molar-refractivity contribution in [1.82, 2.24) is 10.2 Å². The Hall–Kier alpha value is -1.16. The van der Waals surface area contributed by atoms with Crippen molar-refractivity contribution in [3.05, 3.63) is 23.0 Å². The van der Waals surface area contributed by atoms with E-state index < -0.39 is 5.97 Å². The van der Waals surface area contributed by atoms with Crippen molar-refractivity contribution in [2.75, 3.05) is 6.61 Å². The van der Waals surface area contributed by atoms with Crippen molar-refractivity contribution in [1.29, 1.82) is 0 Å². The van der Waals surface area contributed by atoms with Crippen molar-refractivity contribution < 1.29 is 9.53 Å². The molecule has 88 valence electrons. The Kier molecular flexibility index (Phi) is 5.19. The van der Waals surface area contributed by atoms with E-state index in [9.17, 15) is 4.79 Å². The molecule has 0 aromatic carbocycles. The molecule has 1 aromatic heterocycles. The Balaban J connectivity index is 2.32. The number of ether oxygens (including phenoxy) is 1. The molecule has 0 unspecified atom stereocenters. The van der Waals surface area contributed by atoms with Crippen LogP contribution >= 0.6 is 11.6 Å². The van der Waals surface area contributed by atoms with Crippen LogP contribution in [0.2, 0.25) is 5.15 Å². The minimum Gasteiger partial charge on any atom is -0.461 e. The van der Waals surface area contributed by atoms with Crippen LogP contribution in [0.3, 0.4) is 0 Å². The van der Waals surface area contributed by atoms with Gasteiger partial charge in [-0.3, -0.25) is 0 Å². The van der Waals surface area contributed by atoms with Crippen LogP contribution in [0.1, 0.15) is 37.2 Å². The van der Waals surface area contributed by atoms with Crippen LogP contribution in [-0.4, -0.2) is 22.8 Å². The number of rotatable bonds is 5. The standard InChI is InChI=1S/C11H15ClN2O2/c1-8(2)4-3-7-16-11(15)9-5-6-10(12)14-13-9/h5-6,8H,3-4,7H2,1-2H3. The fourth-order valence-electron chi connectivity index (χ4n) is 1.16. The summed E-state index contributed by atoms with van der Waals surface area (Å²) in [6.45, 7) is 4.68. The molecule has 0 N–H and O–H groups in total. The van der Waals surface area contributed by atoms with E-state index in [4.69, 9.17) is 16.3 Å². The van der Waals surface area contributed by atoms with Crippen LogP contribution < -0.4 is 0 Å². The Labute approximate surface area is 100.0 Å². The summed E-state index contributed by atoms with van der Waals surface area (Å²) in [7, 11) is 0. The maximum Gasteiger partial charge on any atom is 0.358 e. The summed E-state index contributed by atoms with van der Waals surface area (Å²) in [4.78, 5) is 11.4. The molecule has 4 nitrogen and oxygen atoms in total. The predicted octanol–water partition coefficient (Wildman–Crippen LogP) is 2.72. The number of esters is 1. The first kappa shape index (κ1) is 12.9. The topological polar surface area (TPSA) is 52.1 Å². The van der Waals surface area contributed by atoms with Gasteiger partial charge in [-0.25, -0.2) is 4.79 Å². The van der Waals surface area contributed by atoms with Gasteiger partial charge in [0.2, 0.25) is 0 Å². The van der Waals surface area contributed by atoms with E-state index in [1.165, 1.54) is 12.1 Å². The van der Waals surface area contributed by atoms with Gasteiger partial charge in [0.15, 0.2) is 10.8 Å². The third kappa shape index (κ3) is 4.57. The average Bonchev–Trinajstić information content (AvgIpc) is 2.25. The minimum atomic E-state index is -0.451. The van der Waals surface area contributed by atoms with Crippen LogP contribution in [0.5, 0.6) is 0 Å². The second-order valence-corrected chi connectivity index (χ2v) is 4.30. The van der Waals surface area contributed by atoms with Gasteiger partial charge in [-0.15, -0.1) is 10.2 Å². The van der Waals surface area contributed by atoms with Gasteiger partial charge < -0.3 is 4.74 Å². The minimum absolute atomic E-state index is 0.189. The fourth-order valence-corrected chi connectivity index (χ4v) is 1.26. The summed E-state index contributed by atoms with van der Waals surface area (Å²) in [6, 6.07) is 3.01. The zero-order valence-corrected chi connectivity index (χ0v) is 10.2. The van der Waals surface area contributed by atoms with E-state index >= 15 is 0 Å². The van der Waals surface area contributed by atoms with Gasteiger partial charge >= 0.3 is 5.97 Å². The lowest BCUT2D eigenvalue weighted by molar-refractivity contribution is 0.0486. The SMILES string of the molecule is CC(C)CCCOC(=O)c1ccc(Cl)nn1. The van der Waals surface area contributed by atoms with E-state index in [0.717, 1.165) is 12.8 Å². The van der Waals surface area contributed by atoms with Gasteiger partial charge in [0, 0.05) is 0 Å². The van der Waals surface area contributed by atoms with E-state index in [1.807, 2.05) is 0 Å². The van der Waals surface area contributed by atoms with Gasteiger partial charge in [0.25, 0.3) is 0 Å². The molecule has 0 aliphatic rings. The largest absolute Gasteiger partial charge is 0.461 e. The lowest BCUT2D eigenvalue weighted by Gasteiger charge is -2.05. The lowest BCUT2D eigenvalue weighted by atomic mass is 10.1. The molecule has 0 bridgehead atoms. The fraction of sp³-hybridized carbons (Fsp3) is 0.545. The Morgan fingerprint density at radius 2 is 2.19 bits per heavy atom. The smallest absolute Gasteiger partial charge is 0.358 e. The molecule has 16 heavy (non-hydrogen) atoms. The summed E-state index contributed by atoms with van der Waals surface area (Å²) in [5.74, 6) is 0.168. The third-order valence-electron chi connectivity index (χ3n) is 2.00. The molecule has 0 radical (unpaired) electrons. The Morgan fingerprint density at radius 1 is 1.44 bits per heavy atom. The van der Waals surface area contributed by atoms with Gasteiger partial charge in [0.1, 0.15) is 0 Å². The highest BCUT2D eigenvalue weighted by atomic mass is 35.5. The molecule has 0 atom stereocenters. The maximum atomic E-state index is 11.4. The zero-order valence-electron chi connectivity index (χ0n) is 9.44. The first-order valence-electron chi connectivity index (χ1n) is 5.26. The molecule has 0 spiro atoms. The molecule has 1 heterocycles. The highest BCUT2D eigenvalue weighted by Gasteiger charge is 2.09. The highest BCUT2D eigenvalue weighted by molar-refractivity contribution is 6.29. The van der Waals surface area contributed by atoms with Crippen LogP contribution in [0.25, 0.3) is 0 Å². The molecule has 0 amide bonds. The molecule has 1 rings (SSSR count). The molecule has 5 heteroatoms. The second kappa shape index (κ2) is 6.43.